The highest BCUT2D eigenvalue weighted by molar-refractivity contribution is 6.84. The summed E-state index contributed by atoms with van der Waals surface area (Å²) in [7, 11) is -1.27. The molecule has 4 heteroatoms. The van der Waals surface area contributed by atoms with Crippen LogP contribution in [0.3, 0.4) is 0 Å². The van der Waals surface area contributed by atoms with Gasteiger partial charge in [-0.15, -0.1) is 0 Å². The third-order valence-electron chi connectivity index (χ3n) is 2.08. The fourth-order valence-corrected chi connectivity index (χ4v) is 0.977. The lowest BCUT2D eigenvalue weighted by atomic mass is 10.7. The maximum Gasteiger partial charge on any atom is 0.154 e. The standard InChI is InChI=1S/C6H14O2.C6H12OSi/c1-4-7-6(3)8-5-2;1-6(5-7)8(2,3)4/h6H,4-5H2,1-3H3;1-4H3. The van der Waals surface area contributed by atoms with Crippen LogP contribution in [0.2, 0.25) is 19.6 Å². The van der Waals surface area contributed by atoms with E-state index in [0.29, 0.717) is 0 Å². The van der Waals surface area contributed by atoms with E-state index in [-0.39, 0.29) is 6.29 Å². The molecule has 0 aromatic rings. The van der Waals surface area contributed by atoms with Crippen LogP contribution in [-0.2, 0) is 14.3 Å². The summed E-state index contributed by atoms with van der Waals surface area (Å²) in [6.45, 7) is 15.5. The van der Waals surface area contributed by atoms with Gasteiger partial charge in [0, 0.05) is 13.2 Å². The first-order valence-corrected chi connectivity index (χ1v) is 9.24. The average Bonchev–Trinajstić information content (AvgIpc) is 2.17. The molecule has 0 aromatic heterocycles. The molecule has 0 saturated carbocycles. The van der Waals surface area contributed by atoms with E-state index in [4.69, 9.17) is 9.47 Å². The molecule has 0 fully saturated rings. The zero-order valence-corrected chi connectivity index (χ0v) is 12.7. The van der Waals surface area contributed by atoms with Gasteiger partial charge in [-0.2, -0.15) is 0 Å². The monoisotopic (exact) mass is 246 g/mol. The summed E-state index contributed by atoms with van der Waals surface area (Å²) >= 11 is 0. The second-order valence-electron chi connectivity index (χ2n) is 4.46. The van der Waals surface area contributed by atoms with E-state index in [1.807, 2.05) is 33.6 Å². The van der Waals surface area contributed by atoms with E-state index in [2.05, 4.69) is 19.6 Å². The summed E-state index contributed by atoms with van der Waals surface area (Å²) in [6, 6.07) is 0. The Balaban J connectivity index is 0. The Morgan fingerprint density at radius 1 is 1.19 bits per heavy atom. The SMILES string of the molecule is CC(=C=O)[Si](C)(C)C.CCOC(C)OCC. The molecule has 0 aliphatic carbocycles. The Kier molecular flexibility index (Phi) is 11.0. The van der Waals surface area contributed by atoms with Crippen molar-refractivity contribution in [3.05, 3.63) is 5.20 Å². The van der Waals surface area contributed by atoms with Crippen LogP contribution in [0.25, 0.3) is 0 Å². The molecular weight excluding hydrogens is 220 g/mol. The van der Waals surface area contributed by atoms with Gasteiger partial charge in [0.2, 0.25) is 0 Å². The highest BCUT2D eigenvalue weighted by Gasteiger charge is 2.15. The largest absolute Gasteiger partial charge is 0.353 e. The Morgan fingerprint density at radius 3 is 1.69 bits per heavy atom. The van der Waals surface area contributed by atoms with E-state index in [9.17, 15) is 4.79 Å². The Hall–Kier alpha value is -0.413. The highest BCUT2D eigenvalue weighted by atomic mass is 28.3. The van der Waals surface area contributed by atoms with Crippen molar-refractivity contribution in [1.82, 2.24) is 0 Å². The van der Waals surface area contributed by atoms with Crippen LogP contribution in [0.5, 0.6) is 0 Å². The number of ether oxygens (including phenoxy) is 2. The lowest BCUT2D eigenvalue weighted by Crippen LogP contribution is -2.22. The van der Waals surface area contributed by atoms with Gasteiger partial charge in [-0.05, 0) is 32.9 Å². The van der Waals surface area contributed by atoms with Crippen molar-refractivity contribution in [2.24, 2.45) is 0 Å². The lowest BCUT2D eigenvalue weighted by Gasteiger charge is -2.11. The third kappa shape index (κ3) is 11.7. The molecule has 0 amide bonds. The van der Waals surface area contributed by atoms with E-state index in [0.717, 1.165) is 18.4 Å². The van der Waals surface area contributed by atoms with E-state index in [1.165, 1.54) is 0 Å². The van der Waals surface area contributed by atoms with Gasteiger partial charge in [-0.1, -0.05) is 19.6 Å². The summed E-state index contributed by atoms with van der Waals surface area (Å²) in [5.41, 5.74) is 0. The van der Waals surface area contributed by atoms with E-state index < -0.39 is 8.07 Å². The molecular formula is C12H26O3Si. The van der Waals surface area contributed by atoms with E-state index in [1.54, 1.807) is 0 Å². The van der Waals surface area contributed by atoms with Crippen LogP contribution >= 0.6 is 0 Å². The van der Waals surface area contributed by atoms with Crippen molar-refractivity contribution in [2.45, 2.75) is 53.6 Å². The molecule has 16 heavy (non-hydrogen) atoms. The van der Waals surface area contributed by atoms with Crippen molar-refractivity contribution in [3.63, 3.8) is 0 Å². The molecule has 0 saturated heterocycles. The maximum absolute atomic E-state index is 10.0. The van der Waals surface area contributed by atoms with Crippen molar-refractivity contribution in [1.29, 1.82) is 0 Å². The zero-order valence-electron chi connectivity index (χ0n) is 11.7. The van der Waals surface area contributed by atoms with Crippen LogP contribution in [-0.4, -0.2) is 33.5 Å². The molecule has 0 unspecified atom stereocenters. The number of carbonyl (C=O) groups excluding carboxylic acids is 1. The van der Waals surface area contributed by atoms with Gasteiger partial charge in [0.1, 0.15) is 5.94 Å². The first-order valence-electron chi connectivity index (χ1n) is 5.74. The average molecular weight is 246 g/mol. The minimum atomic E-state index is -1.27. The van der Waals surface area contributed by atoms with Gasteiger partial charge in [0.25, 0.3) is 0 Å². The lowest BCUT2D eigenvalue weighted by molar-refractivity contribution is -0.123. The molecule has 0 atom stereocenters. The Labute approximate surface area is 101 Å². The molecule has 3 nitrogen and oxygen atoms in total. The van der Waals surface area contributed by atoms with Crippen molar-refractivity contribution in [2.75, 3.05) is 13.2 Å². The predicted octanol–water partition coefficient (Wildman–Crippen LogP) is 3.05. The molecule has 0 aromatic carbocycles. The summed E-state index contributed by atoms with van der Waals surface area (Å²) < 4.78 is 10.1. The first kappa shape index (κ1) is 18.0. The second-order valence-corrected chi connectivity index (χ2v) is 9.71. The Bertz CT molecular complexity index is 209. The van der Waals surface area contributed by atoms with Crippen molar-refractivity contribution < 1.29 is 14.3 Å². The highest BCUT2D eigenvalue weighted by Crippen LogP contribution is 2.08. The van der Waals surface area contributed by atoms with Crippen LogP contribution in [0.4, 0.5) is 0 Å². The van der Waals surface area contributed by atoms with Crippen LogP contribution < -0.4 is 0 Å². The van der Waals surface area contributed by atoms with Crippen LogP contribution in [0, 0.1) is 0 Å². The van der Waals surface area contributed by atoms with Gasteiger partial charge in [-0.3, -0.25) is 0 Å². The van der Waals surface area contributed by atoms with Gasteiger partial charge in [-0.25, -0.2) is 4.79 Å². The summed E-state index contributed by atoms with van der Waals surface area (Å²) in [5, 5.41) is 0.914. The van der Waals surface area contributed by atoms with Crippen molar-refractivity contribution in [3.8, 4) is 0 Å². The fraction of sp³-hybridized carbons (Fsp3) is 0.833. The summed E-state index contributed by atoms with van der Waals surface area (Å²) in [6.07, 6.45) is -0.0370. The van der Waals surface area contributed by atoms with E-state index >= 15 is 0 Å². The molecule has 0 rings (SSSR count). The molecule has 0 heterocycles. The quantitative estimate of drug-likeness (QED) is 0.425. The molecule has 0 radical (unpaired) electrons. The topological polar surface area (TPSA) is 35.5 Å². The Morgan fingerprint density at radius 2 is 1.56 bits per heavy atom. The van der Waals surface area contributed by atoms with Crippen LogP contribution in [0.1, 0.15) is 27.7 Å². The summed E-state index contributed by atoms with van der Waals surface area (Å²) in [5.74, 6) is 1.93. The normalized spacial score (nSPS) is 10.5. The number of hydrogen-bond acceptors (Lipinski definition) is 3. The molecule has 96 valence electrons. The van der Waals surface area contributed by atoms with Gasteiger partial charge in [0.15, 0.2) is 6.29 Å². The van der Waals surface area contributed by atoms with Gasteiger partial charge < -0.3 is 9.47 Å². The summed E-state index contributed by atoms with van der Waals surface area (Å²) in [4.78, 5) is 10.0. The number of allylic oxidation sites excluding steroid dienone is 1. The molecule has 0 aliphatic heterocycles. The molecule has 0 spiro atoms. The number of rotatable bonds is 5. The van der Waals surface area contributed by atoms with Crippen molar-refractivity contribution >= 4 is 14.0 Å². The minimum Gasteiger partial charge on any atom is -0.353 e. The smallest absolute Gasteiger partial charge is 0.154 e. The fourth-order valence-electron chi connectivity index (χ4n) is 0.671. The molecule has 0 aliphatic rings. The zero-order chi connectivity index (χ0) is 13.2. The second kappa shape index (κ2) is 9.79. The predicted molar refractivity (Wildman–Crippen MR) is 70.9 cm³/mol. The minimum absolute atomic E-state index is 0.0370. The van der Waals surface area contributed by atoms with Crippen LogP contribution in [0.15, 0.2) is 5.20 Å². The number of hydrogen-bond donors (Lipinski definition) is 0. The maximum atomic E-state index is 10.0. The van der Waals surface area contributed by atoms with Gasteiger partial charge in [0.05, 0.1) is 8.07 Å². The van der Waals surface area contributed by atoms with Gasteiger partial charge >= 0.3 is 0 Å². The first-order chi connectivity index (χ1) is 7.29. The molecule has 0 bridgehead atoms. The third-order valence-corrected chi connectivity index (χ3v) is 4.43. The molecule has 0 N–H and O–H groups in total.